The summed E-state index contributed by atoms with van der Waals surface area (Å²) >= 11 is 0. The van der Waals surface area contributed by atoms with Gasteiger partial charge in [0, 0.05) is 6.07 Å². The van der Waals surface area contributed by atoms with Gasteiger partial charge in [-0.3, -0.25) is 0 Å². The van der Waals surface area contributed by atoms with Gasteiger partial charge in [0.25, 0.3) is 0 Å². The lowest BCUT2D eigenvalue weighted by atomic mass is 10.2. The minimum atomic E-state index is -0.284. The SMILES string of the molecule is [O-][N+]1(CC2CO2)CN(CC2CO2)c2ccccc21. The molecule has 4 rings (SSSR count). The van der Waals surface area contributed by atoms with Gasteiger partial charge in [-0.05, 0) is 6.07 Å². The Balaban J connectivity index is 1.65. The molecule has 2 fully saturated rings. The number of anilines is 1. The number of ether oxygens (including phenoxy) is 2. The predicted molar refractivity (Wildman–Crippen MR) is 68.2 cm³/mol. The van der Waals surface area contributed by atoms with E-state index in [9.17, 15) is 5.21 Å². The van der Waals surface area contributed by atoms with Gasteiger partial charge < -0.3 is 24.2 Å². The molecule has 0 radical (unpaired) electrons. The number of rotatable bonds is 4. The lowest BCUT2D eigenvalue weighted by Gasteiger charge is -2.37. The highest BCUT2D eigenvalue weighted by Gasteiger charge is 2.42. The molecular formula is C13H16N2O3. The molecule has 0 N–H and O–H groups in total. The summed E-state index contributed by atoms with van der Waals surface area (Å²) in [6.07, 6.45) is 0.453. The molecule has 0 aliphatic carbocycles. The number of para-hydroxylation sites is 2. The van der Waals surface area contributed by atoms with Crippen LogP contribution in [0, 0.1) is 5.21 Å². The maximum Gasteiger partial charge on any atom is 0.159 e. The van der Waals surface area contributed by atoms with E-state index in [0.717, 1.165) is 31.1 Å². The Bertz CT molecular complexity index is 473. The second-order valence-electron chi connectivity index (χ2n) is 5.34. The summed E-state index contributed by atoms with van der Waals surface area (Å²) in [4.78, 5) is 2.16. The molecule has 3 unspecified atom stereocenters. The standard InChI is InChI=1S/C13H16N2O3/c16-15(6-11-8-18-11)9-14(5-10-7-17-10)12-3-1-2-4-13(12)15/h1-4,10-11H,5-9H2. The zero-order valence-corrected chi connectivity index (χ0v) is 10.1. The summed E-state index contributed by atoms with van der Waals surface area (Å²) in [7, 11) is 0. The van der Waals surface area contributed by atoms with Gasteiger partial charge in [0.2, 0.25) is 0 Å². The first-order valence-electron chi connectivity index (χ1n) is 6.40. The second-order valence-corrected chi connectivity index (χ2v) is 5.34. The van der Waals surface area contributed by atoms with E-state index in [0.29, 0.717) is 19.3 Å². The highest BCUT2D eigenvalue weighted by molar-refractivity contribution is 5.74. The third-order valence-electron chi connectivity index (χ3n) is 3.79. The van der Waals surface area contributed by atoms with Crippen molar-refractivity contribution in [1.29, 1.82) is 0 Å². The van der Waals surface area contributed by atoms with Crippen LogP contribution in [0.2, 0.25) is 0 Å². The lowest BCUT2D eigenvalue weighted by Crippen LogP contribution is -2.48. The largest absolute Gasteiger partial charge is 0.626 e. The van der Waals surface area contributed by atoms with E-state index >= 15 is 0 Å². The molecule has 3 aliphatic heterocycles. The Kier molecular flexibility index (Phi) is 2.20. The fourth-order valence-corrected chi connectivity index (χ4v) is 2.74. The van der Waals surface area contributed by atoms with Crippen LogP contribution in [-0.4, -0.2) is 45.2 Å². The molecule has 2 saturated heterocycles. The number of hydrogen-bond donors (Lipinski definition) is 0. The minimum absolute atomic E-state index is 0.146. The number of epoxide rings is 2. The summed E-state index contributed by atoms with van der Waals surface area (Å²) < 4.78 is 10.2. The predicted octanol–water partition coefficient (Wildman–Crippen LogP) is 1.07. The molecular weight excluding hydrogens is 232 g/mol. The molecule has 3 heterocycles. The Morgan fingerprint density at radius 2 is 1.94 bits per heavy atom. The highest BCUT2D eigenvalue weighted by atomic mass is 16.6. The van der Waals surface area contributed by atoms with Crippen LogP contribution in [0.1, 0.15) is 0 Å². The Morgan fingerprint density at radius 3 is 2.67 bits per heavy atom. The minimum Gasteiger partial charge on any atom is -0.626 e. The molecule has 0 amide bonds. The maximum absolute atomic E-state index is 13.0. The van der Waals surface area contributed by atoms with Crippen LogP contribution in [0.15, 0.2) is 24.3 Å². The molecule has 96 valence electrons. The smallest absolute Gasteiger partial charge is 0.159 e. The zero-order chi connectivity index (χ0) is 12.2. The van der Waals surface area contributed by atoms with Gasteiger partial charge in [-0.25, -0.2) is 0 Å². The molecule has 5 nitrogen and oxygen atoms in total. The Hall–Kier alpha value is -1.14. The first kappa shape index (κ1) is 10.8. The summed E-state index contributed by atoms with van der Waals surface area (Å²) in [5.74, 6) is 0. The van der Waals surface area contributed by atoms with Crippen molar-refractivity contribution in [2.24, 2.45) is 0 Å². The van der Waals surface area contributed by atoms with Crippen LogP contribution in [0.25, 0.3) is 0 Å². The van der Waals surface area contributed by atoms with Crippen molar-refractivity contribution in [3.05, 3.63) is 29.5 Å². The molecule has 1 aromatic carbocycles. The summed E-state index contributed by atoms with van der Waals surface area (Å²) in [5.41, 5.74) is 1.93. The van der Waals surface area contributed by atoms with Gasteiger partial charge in [0.05, 0.1) is 25.9 Å². The number of hydrogen-bond acceptors (Lipinski definition) is 4. The van der Waals surface area contributed by atoms with Crippen molar-refractivity contribution in [3.8, 4) is 0 Å². The highest BCUT2D eigenvalue weighted by Crippen LogP contribution is 2.42. The zero-order valence-electron chi connectivity index (χ0n) is 10.1. The van der Waals surface area contributed by atoms with E-state index in [-0.39, 0.29) is 10.8 Å². The third kappa shape index (κ3) is 1.80. The monoisotopic (exact) mass is 248 g/mol. The first-order valence-corrected chi connectivity index (χ1v) is 6.40. The molecule has 0 bridgehead atoms. The van der Waals surface area contributed by atoms with Crippen LogP contribution >= 0.6 is 0 Å². The number of quaternary nitrogens is 1. The quantitative estimate of drug-likeness (QED) is 0.454. The second kappa shape index (κ2) is 3.68. The van der Waals surface area contributed by atoms with E-state index < -0.39 is 0 Å². The summed E-state index contributed by atoms with van der Waals surface area (Å²) in [6, 6.07) is 7.90. The van der Waals surface area contributed by atoms with Crippen molar-refractivity contribution in [3.63, 3.8) is 0 Å². The number of fused-ring (bicyclic) bond motifs is 1. The van der Waals surface area contributed by atoms with E-state index in [1.54, 1.807) is 0 Å². The molecule has 18 heavy (non-hydrogen) atoms. The van der Waals surface area contributed by atoms with Gasteiger partial charge in [0.15, 0.2) is 12.4 Å². The third-order valence-corrected chi connectivity index (χ3v) is 3.79. The van der Waals surface area contributed by atoms with Crippen molar-refractivity contribution in [2.75, 3.05) is 37.9 Å². The molecule has 0 saturated carbocycles. The Morgan fingerprint density at radius 1 is 1.22 bits per heavy atom. The molecule has 0 spiro atoms. The summed E-state index contributed by atoms with van der Waals surface area (Å²) in [5, 5.41) is 13.0. The molecule has 3 aliphatic rings. The topological polar surface area (TPSA) is 51.4 Å². The average molecular weight is 248 g/mol. The number of hydroxylamine groups is 2. The van der Waals surface area contributed by atoms with Crippen molar-refractivity contribution >= 4 is 11.4 Å². The lowest BCUT2D eigenvalue weighted by molar-refractivity contribution is 0.316. The molecule has 3 atom stereocenters. The normalized spacial score (nSPS) is 36.6. The van der Waals surface area contributed by atoms with Crippen LogP contribution in [0.5, 0.6) is 0 Å². The number of benzene rings is 1. The van der Waals surface area contributed by atoms with Gasteiger partial charge >= 0.3 is 0 Å². The van der Waals surface area contributed by atoms with Crippen molar-refractivity contribution in [1.82, 2.24) is 4.65 Å². The van der Waals surface area contributed by atoms with E-state index in [1.165, 1.54) is 0 Å². The van der Waals surface area contributed by atoms with Crippen molar-refractivity contribution in [2.45, 2.75) is 12.2 Å². The van der Waals surface area contributed by atoms with Crippen molar-refractivity contribution < 1.29 is 9.47 Å². The fourth-order valence-electron chi connectivity index (χ4n) is 2.74. The Labute approximate surface area is 106 Å². The van der Waals surface area contributed by atoms with Gasteiger partial charge in [0.1, 0.15) is 18.3 Å². The fraction of sp³-hybridized carbons (Fsp3) is 0.538. The number of nitrogens with zero attached hydrogens (tertiary/aromatic N) is 2. The first-order chi connectivity index (χ1) is 8.74. The van der Waals surface area contributed by atoms with E-state index in [1.807, 2.05) is 24.3 Å². The van der Waals surface area contributed by atoms with Crippen LogP contribution in [0.4, 0.5) is 11.4 Å². The molecule has 1 aromatic rings. The van der Waals surface area contributed by atoms with Gasteiger partial charge in [-0.15, -0.1) is 0 Å². The molecule has 0 aromatic heterocycles. The summed E-state index contributed by atoms with van der Waals surface area (Å²) in [6.45, 7) is 3.39. The average Bonchev–Trinajstić information content (AvgIpc) is 3.24. The molecule has 5 heteroatoms. The van der Waals surface area contributed by atoms with Gasteiger partial charge in [-0.1, -0.05) is 12.1 Å². The van der Waals surface area contributed by atoms with E-state index in [2.05, 4.69) is 4.90 Å². The van der Waals surface area contributed by atoms with Gasteiger partial charge in [-0.2, -0.15) is 0 Å². The van der Waals surface area contributed by atoms with Crippen LogP contribution in [-0.2, 0) is 9.47 Å². The van der Waals surface area contributed by atoms with Crippen LogP contribution in [0.3, 0.4) is 0 Å². The van der Waals surface area contributed by atoms with Crippen LogP contribution < -0.4 is 9.55 Å². The maximum atomic E-state index is 13.0. The van der Waals surface area contributed by atoms with E-state index in [4.69, 9.17) is 9.47 Å².